The molecule has 0 saturated carbocycles. The standard InChI is InChI=1S/C9H16O2/c1-4-5-8(9(10)11)6-7(2)3/h5,7H,4,6H2,1-3H3,(H,10,11). The molecule has 0 unspecified atom stereocenters. The molecule has 0 aliphatic carbocycles. The third-order valence-corrected chi connectivity index (χ3v) is 1.35. The fourth-order valence-electron chi connectivity index (χ4n) is 0.944. The normalized spacial score (nSPS) is 12.2. The first-order valence-electron chi connectivity index (χ1n) is 4.00. The summed E-state index contributed by atoms with van der Waals surface area (Å²) in [6.07, 6.45) is 3.25. The van der Waals surface area contributed by atoms with Crippen molar-refractivity contribution >= 4 is 5.97 Å². The molecule has 2 nitrogen and oxygen atoms in total. The summed E-state index contributed by atoms with van der Waals surface area (Å²) in [4.78, 5) is 10.6. The molecule has 11 heavy (non-hydrogen) atoms. The smallest absolute Gasteiger partial charge is 0.331 e. The quantitative estimate of drug-likeness (QED) is 0.635. The molecule has 64 valence electrons. The van der Waals surface area contributed by atoms with Gasteiger partial charge in [0, 0.05) is 5.57 Å². The van der Waals surface area contributed by atoms with Gasteiger partial charge in [-0.2, -0.15) is 0 Å². The lowest BCUT2D eigenvalue weighted by Gasteiger charge is -2.04. The van der Waals surface area contributed by atoms with E-state index in [1.807, 2.05) is 20.8 Å². The highest BCUT2D eigenvalue weighted by atomic mass is 16.4. The summed E-state index contributed by atoms with van der Waals surface area (Å²) < 4.78 is 0. The van der Waals surface area contributed by atoms with Crippen molar-refractivity contribution < 1.29 is 9.90 Å². The third-order valence-electron chi connectivity index (χ3n) is 1.35. The number of carboxylic acid groups (broad SMARTS) is 1. The Bertz CT molecular complexity index is 157. The number of hydrogen-bond donors (Lipinski definition) is 1. The Labute approximate surface area is 67.9 Å². The Hall–Kier alpha value is -0.790. The maximum absolute atomic E-state index is 10.6. The molecule has 0 aromatic carbocycles. The van der Waals surface area contributed by atoms with Crippen LogP contribution in [0.5, 0.6) is 0 Å². The lowest BCUT2D eigenvalue weighted by atomic mass is 10.0. The molecule has 0 aliphatic rings. The molecule has 2 heteroatoms. The number of hydrogen-bond acceptors (Lipinski definition) is 1. The molecule has 0 aliphatic heterocycles. The molecule has 0 fully saturated rings. The first-order valence-corrected chi connectivity index (χ1v) is 4.00. The second-order valence-corrected chi connectivity index (χ2v) is 3.04. The van der Waals surface area contributed by atoms with Crippen LogP contribution in [0.25, 0.3) is 0 Å². The van der Waals surface area contributed by atoms with E-state index in [4.69, 9.17) is 5.11 Å². The van der Waals surface area contributed by atoms with Crippen molar-refractivity contribution in [2.24, 2.45) is 5.92 Å². The highest BCUT2D eigenvalue weighted by Crippen LogP contribution is 2.11. The number of aliphatic carboxylic acids is 1. The highest BCUT2D eigenvalue weighted by Gasteiger charge is 2.07. The van der Waals surface area contributed by atoms with Crippen molar-refractivity contribution in [3.8, 4) is 0 Å². The zero-order valence-corrected chi connectivity index (χ0v) is 7.42. The van der Waals surface area contributed by atoms with Gasteiger partial charge in [0.05, 0.1) is 0 Å². The predicted molar refractivity (Wildman–Crippen MR) is 45.5 cm³/mol. The Morgan fingerprint density at radius 2 is 2.09 bits per heavy atom. The minimum atomic E-state index is -0.777. The molecule has 1 N–H and O–H groups in total. The molecule has 0 heterocycles. The second kappa shape index (κ2) is 4.94. The molecule has 0 aromatic heterocycles. The van der Waals surface area contributed by atoms with Crippen LogP contribution in [0.3, 0.4) is 0 Å². The topological polar surface area (TPSA) is 37.3 Å². The van der Waals surface area contributed by atoms with E-state index in [9.17, 15) is 4.79 Å². The van der Waals surface area contributed by atoms with Crippen molar-refractivity contribution in [2.75, 3.05) is 0 Å². The predicted octanol–water partition coefficient (Wildman–Crippen LogP) is 2.45. The molecule has 0 saturated heterocycles. The van der Waals surface area contributed by atoms with E-state index in [2.05, 4.69) is 0 Å². The van der Waals surface area contributed by atoms with Crippen LogP contribution in [-0.2, 0) is 4.79 Å². The first-order chi connectivity index (χ1) is 5.07. The van der Waals surface area contributed by atoms with Crippen LogP contribution in [0.15, 0.2) is 11.6 Å². The Morgan fingerprint density at radius 1 is 1.55 bits per heavy atom. The van der Waals surface area contributed by atoms with E-state index in [1.54, 1.807) is 6.08 Å². The van der Waals surface area contributed by atoms with Gasteiger partial charge in [0.15, 0.2) is 0 Å². The lowest BCUT2D eigenvalue weighted by Crippen LogP contribution is -2.03. The summed E-state index contributed by atoms with van der Waals surface area (Å²) in [6.45, 7) is 5.99. The van der Waals surface area contributed by atoms with Gasteiger partial charge in [-0.05, 0) is 18.8 Å². The molecule has 0 aromatic rings. The highest BCUT2D eigenvalue weighted by molar-refractivity contribution is 5.86. The fraction of sp³-hybridized carbons (Fsp3) is 0.667. The van der Waals surface area contributed by atoms with Gasteiger partial charge in [-0.15, -0.1) is 0 Å². The summed E-state index contributed by atoms with van der Waals surface area (Å²) >= 11 is 0. The van der Waals surface area contributed by atoms with Gasteiger partial charge in [0.1, 0.15) is 0 Å². The van der Waals surface area contributed by atoms with Gasteiger partial charge in [-0.1, -0.05) is 26.8 Å². The van der Waals surface area contributed by atoms with Gasteiger partial charge < -0.3 is 5.11 Å². The van der Waals surface area contributed by atoms with E-state index >= 15 is 0 Å². The maximum atomic E-state index is 10.6. The molecule has 0 bridgehead atoms. The van der Waals surface area contributed by atoms with Crippen LogP contribution in [-0.4, -0.2) is 11.1 Å². The van der Waals surface area contributed by atoms with Crippen LogP contribution in [0.1, 0.15) is 33.6 Å². The third kappa shape index (κ3) is 4.59. The molecular weight excluding hydrogens is 140 g/mol. The summed E-state index contributed by atoms with van der Waals surface area (Å²) in [5.74, 6) is -0.357. The molecular formula is C9H16O2. The van der Waals surface area contributed by atoms with E-state index < -0.39 is 5.97 Å². The van der Waals surface area contributed by atoms with Crippen molar-refractivity contribution in [1.82, 2.24) is 0 Å². The van der Waals surface area contributed by atoms with Crippen molar-refractivity contribution in [2.45, 2.75) is 33.6 Å². The second-order valence-electron chi connectivity index (χ2n) is 3.04. The Morgan fingerprint density at radius 3 is 2.36 bits per heavy atom. The average Bonchev–Trinajstić information content (AvgIpc) is 1.86. The van der Waals surface area contributed by atoms with Crippen LogP contribution in [0.2, 0.25) is 0 Å². The summed E-state index contributed by atoms with van der Waals surface area (Å²) in [5.41, 5.74) is 0.544. The van der Waals surface area contributed by atoms with Crippen LogP contribution in [0, 0.1) is 5.92 Å². The minimum Gasteiger partial charge on any atom is -0.478 e. The van der Waals surface area contributed by atoms with Gasteiger partial charge >= 0.3 is 5.97 Å². The zero-order chi connectivity index (χ0) is 8.85. The fourth-order valence-corrected chi connectivity index (χ4v) is 0.944. The van der Waals surface area contributed by atoms with Crippen LogP contribution >= 0.6 is 0 Å². The Kier molecular flexibility index (Phi) is 4.59. The number of carbonyl (C=O) groups is 1. The largest absolute Gasteiger partial charge is 0.478 e. The Balaban J connectivity index is 4.12. The number of rotatable bonds is 4. The molecule has 0 amide bonds. The van der Waals surface area contributed by atoms with Gasteiger partial charge in [0.2, 0.25) is 0 Å². The average molecular weight is 156 g/mol. The monoisotopic (exact) mass is 156 g/mol. The summed E-state index contributed by atoms with van der Waals surface area (Å²) in [7, 11) is 0. The van der Waals surface area contributed by atoms with Crippen molar-refractivity contribution in [1.29, 1.82) is 0 Å². The van der Waals surface area contributed by atoms with Crippen LogP contribution in [0.4, 0.5) is 0 Å². The van der Waals surface area contributed by atoms with E-state index in [-0.39, 0.29) is 0 Å². The summed E-state index contributed by atoms with van der Waals surface area (Å²) in [6, 6.07) is 0. The number of carboxylic acids is 1. The first kappa shape index (κ1) is 10.2. The molecule has 0 rings (SSSR count). The zero-order valence-electron chi connectivity index (χ0n) is 7.42. The SMILES string of the molecule is CCC=C(CC(C)C)C(=O)O. The van der Waals surface area contributed by atoms with Crippen molar-refractivity contribution in [3.63, 3.8) is 0 Å². The molecule has 0 atom stereocenters. The lowest BCUT2D eigenvalue weighted by molar-refractivity contribution is -0.132. The van der Waals surface area contributed by atoms with E-state index in [0.717, 1.165) is 6.42 Å². The van der Waals surface area contributed by atoms with Gasteiger partial charge in [0.25, 0.3) is 0 Å². The van der Waals surface area contributed by atoms with E-state index in [0.29, 0.717) is 17.9 Å². The number of allylic oxidation sites excluding steroid dienone is 1. The van der Waals surface area contributed by atoms with Gasteiger partial charge in [-0.25, -0.2) is 4.79 Å². The summed E-state index contributed by atoms with van der Waals surface area (Å²) in [5, 5.41) is 8.68. The minimum absolute atomic E-state index is 0.420. The molecule has 0 radical (unpaired) electrons. The van der Waals surface area contributed by atoms with Crippen molar-refractivity contribution in [3.05, 3.63) is 11.6 Å². The molecule has 0 spiro atoms. The van der Waals surface area contributed by atoms with Gasteiger partial charge in [-0.3, -0.25) is 0 Å². The maximum Gasteiger partial charge on any atom is 0.331 e. The van der Waals surface area contributed by atoms with E-state index in [1.165, 1.54) is 0 Å². The van der Waals surface area contributed by atoms with Crippen LogP contribution < -0.4 is 0 Å².